The smallest absolute Gasteiger partial charge is 0.416 e. The van der Waals surface area contributed by atoms with Gasteiger partial charge in [-0.1, -0.05) is 42.0 Å². The minimum absolute atomic E-state index is 0.215. The summed E-state index contributed by atoms with van der Waals surface area (Å²) < 4.78 is 37.6. The minimum Gasteiger partial charge on any atom is -0.479 e. The second kappa shape index (κ2) is 7.38. The van der Waals surface area contributed by atoms with Crippen LogP contribution in [0.25, 0.3) is 0 Å². The molecule has 0 radical (unpaired) electrons. The predicted octanol–water partition coefficient (Wildman–Crippen LogP) is 3.50. The molecule has 0 aliphatic heterocycles. The van der Waals surface area contributed by atoms with Gasteiger partial charge in [-0.3, -0.25) is 4.79 Å². The summed E-state index contributed by atoms with van der Waals surface area (Å²) in [5.41, 5.74) is 0.827. The molecule has 0 bridgehead atoms. The largest absolute Gasteiger partial charge is 0.479 e. The molecule has 2 rings (SSSR count). The van der Waals surface area contributed by atoms with Crippen molar-refractivity contribution in [2.75, 3.05) is 0 Å². The van der Waals surface area contributed by atoms with E-state index in [-0.39, 0.29) is 6.42 Å². The number of carbonyl (C=O) groups is 2. The zero-order chi connectivity index (χ0) is 18.6. The lowest BCUT2D eigenvalue weighted by Gasteiger charge is -2.15. The lowest BCUT2D eigenvalue weighted by Crippen LogP contribution is -2.34. The SMILES string of the molecule is Cc1cccc([C@@H](NC(=O)Cc2ccc(C(F)(F)F)cc2)C(=O)O)c1. The summed E-state index contributed by atoms with van der Waals surface area (Å²) in [6.45, 7) is 1.80. The van der Waals surface area contributed by atoms with Crippen molar-refractivity contribution in [3.05, 3.63) is 70.8 Å². The Hall–Kier alpha value is -2.83. The van der Waals surface area contributed by atoms with Gasteiger partial charge in [0.2, 0.25) is 5.91 Å². The van der Waals surface area contributed by atoms with Crippen molar-refractivity contribution in [1.82, 2.24) is 5.32 Å². The maximum atomic E-state index is 12.5. The number of nitrogens with one attached hydrogen (secondary N) is 1. The van der Waals surface area contributed by atoms with E-state index >= 15 is 0 Å². The topological polar surface area (TPSA) is 66.4 Å². The molecule has 25 heavy (non-hydrogen) atoms. The van der Waals surface area contributed by atoms with Crippen molar-refractivity contribution in [2.24, 2.45) is 0 Å². The third kappa shape index (κ3) is 5.07. The van der Waals surface area contributed by atoms with Crippen LogP contribution in [-0.2, 0) is 22.2 Å². The monoisotopic (exact) mass is 351 g/mol. The Morgan fingerprint density at radius 2 is 1.76 bits per heavy atom. The zero-order valence-electron chi connectivity index (χ0n) is 13.3. The van der Waals surface area contributed by atoms with E-state index in [4.69, 9.17) is 0 Å². The Bertz CT molecular complexity index is 770. The Kier molecular flexibility index (Phi) is 5.46. The van der Waals surface area contributed by atoms with Crippen molar-refractivity contribution in [3.8, 4) is 0 Å². The molecule has 2 aromatic carbocycles. The van der Waals surface area contributed by atoms with Crippen LogP contribution in [0.3, 0.4) is 0 Å². The molecule has 0 unspecified atom stereocenters. The molecule has 0 aromatic heterocycles. The third-order valence-electron chi connectivity index (χ3n) is 3.57. The number of halogens is 3. The molecule has 1 amide bonds. The fraction of sp³-hybridized carbons (Fsp3) is 0.222. The van der Waals surface area contributed by atoms with Gasteiger partial charge in [0, 0.05) is 0 Å². The number of carboxylic acid groups (broad SMARTS) is 1. The highest BCUT2D eigenvalue weighted by molar-refractivity contribution is 5.85. The number of rotatable bonds is 5. The Morgan fingerprint density at radius 3 is 2.28 bits per heavy atom. The van der Waals surface area contributed by atoms with E-state index in [0.29, 0.717) is 11.1 Å². The van der Waals surface area contributed by atoms with Gasteiger partial charge in [0.25, 0.3) is 0 Å². The summed E-state index contributed by atoms with van der Waals surface area (Å²) in [5.74, 6) is -1.81. The van der Waals surface area contributed by atoms with Crippen LogP contribution in [0.2, 0.25) is 0 Å². The predicted molar refractivity (Wildman–Crippen MR) is 84.8 cm³/mol. The average Bonchev–Trinajstić information content (AvgIpc) is 2.52. The lowest BCUT2D eigenvalue weighted by atomic mass is 10.0. The summed E-state index contributed by atoms with van der Waals surface area (Å²) in [6, 6.07) is 9.67. The van der Waals surface area contributed by atoms with Crippen LogP contribution in [0.15, 0.2) is 48.5 Å². The number of carboxylic acids is 1. The van der Waals surface area contributed by atoms with Crippen LogP contribution in [0.1, 0.15) is 28.3 Å². The summed E-state index contributed by atoms with van der Waals surface area (Å²) in [5, 5.41) is 11.7. The molecule has 0 saturated heterocycles. The van der Waals surface area contributed by atoms with Gasteiger partial charge in [0.15, 0.2) is 6.04 Å². The highest BCUT2D eigenvalue weighted by Gasteiger charge is 2.30. The average molecular weight is 351 g/mol. The van der Waals surface area contributed by atoms with Crippen LogP contribution in [0.5, 0.6) is 0 Å². The highest BCUT2D eigenvalue weighted by atomic mass is 19.4. The van der Waals surface area contributed by atoms with E-state index in [1.54, 1.807) is 31.2 Å². The molecule has 0 aliphatic rings. The Morgan fingerprint density at radius 1 is 1.12 bits per heavy atom. The number of aliphatic carboxylic acids is 1. The molecular formula is C18H16F3NO3. The molecule has 132 valence electrons. The van der Waals surface area contributed by atoms with Crippen molar-refractivity contribution in [3.63, 3.8) is 0 Å². The van der Waals surface area contributed by atoms with E-state index in [2.05, 4.69) is 5.32 Å². The van der Waals surface area contributed by atoms with E-state index < -0.39 is 29.7 Å². The number of amides is 1. The quantitative estimate of drug-likeness (QED) is 0.866. The number of carbonyl (C=O) groups excluding carboxylic acids is 1. The van der Waals surface area contributed by atoms with Crippen molar-refractivity contribution < 1.29 is 27.9 Å². The molecule has 2 aromatic rings. The second-order valence-electron chi connectivity index (χ2n) is 5.62. The van der Waals surface area contributed by atoms with E-state index in [1.807, 2.05) is 0 Å². The van der Waals surface area contributed by atoms with Gasteiger partial charge in [0.05, 0.1) is 12.0 Å². The zero-order valence-corrected chi connectivity index (χ0v) is 13.3. The summed E-state index contributed by atoms with van der Waals surface area (Å²) >= 11 is 0. The molecule has 1 atom stereocenters. The molecule has 0 saturated carbocycles. The maximum absolute atomic E-state index is 12.5. The molecular weight excluding hydrogens is 335 g/mol. The molecule has 2 N–H and O–H groups in total. The number of benzene rings is 2. The van der Waals surface area contributed by atoms with Gasteiger partial charge in [-0.25, -0.2) is 4.79 Å². The highest BCUT2D eigenvalue weighted by Crippen LogP contribution is 2.29. The first kappa shape index (κ1) is 18.5. The van der Waals surface area contributed by atoms with Crippen molar-refractivity contribution in [1.29, 1.82) is 0 Å². The molecule has 0 aliphatic carbocycles. The maximum Gasteiger partial charge on any atom is 0.416 e. The number of hydrogen-bond acceptors (Lipinski definition) is 2. The Labute approximate surface area is 142 Å². The third-order valence-corrected chi connectivity index (χ3v) is 3.57. The van der Waals surface area contributed by atoms with Crippen LogP contribution in [-0.4, -0.2) is 17.0 Å². The standard InChI is InChI=1S/C18H16F3NO3/c1-11-3-2-4-13(9-11)16(17(24)25)22-15(23)10-12-5-7-14(8-6-12)18(19,20)21/h2-9,16H,10H2,1H3,(H,22,23)(H,24,25)/t16-/m1/s1. The molecule has 0 spiro atoms. The summed E-state index contributed by atoms with van der Waals surface area (Å²) in [6.07, 6.45) is -4.66. The normalized spacial score (nSPS) is 12.5. The molecule has 0 heterocycles. The first-order chi connectivity index (χ1) is 11.7. The van der Waals surface area contributed by atoms with Gasteiger partial charge in [-0.05, 0) is 30.2 Å². The number of alkyl halides is 3. The first-order valence-corrected chi connectivity index (χ1v) is 7.41. The van der Waals surface area contributed by atoms with Crippen LogP contribution in [0.4, 0.5) is 13.2 Å². The fourth-order valence-electron chi connectivity index (χ4n) is 2.35. The lowest BCUT2D eigenvalue weighted by molar-refractivity contribution is -0.142. The minimum atomic E-state index is -4.44. The van der Waals surface area contributed by atoms with E-state index in [1.165, 1.54) is 12.1 Å². The number of hydrogen-bond donors (Lipinski definition) is 2. The molecule has 7 heteroatoms. The summed E-state index contributed by atoms with van der Waals surface area (Å²) in [7, 11) is 0. The van der Waals surface area contributed by atoms with Crippen molar-refractivity contribution in [2.45, 2.75) is 25.6 Å². The van der Waals surface area contributed by atoms with Gasteiger partial charge in [-0.15, -0.1) is 0 Å². The fourth-order valence-corrected chi connectivity index (χ4v) is 2.35. The van der Waals surface area contributed by atoms with E-state index in [9.17, 15) is 27.9 Å². The van der Waals surface area contributed by atoms with Crippen LogP contribution in [0, 0.1) is 6.92 Å². The first-order valence-electron chi connectivity index (χ1n) is 7.41. The number of aryl methyl sites for hydroxylation is 1. The van der Waals surface area contributed by atoms with Gasteiger partial charge in [0.1, 0.15) is 0 Å². The van der Waals surface area contributed by atoms with Gasteiger partial charge >= 0.3 is 12.1 Å². The van der Waals surface area contributed by atoms with E-state index in [0.717, 1.165) is 17.7 Å². The molecule has 4 nitrogen and oxygen atoms in total. The van der Waals surface area contributed by atoms with Crippen LogP contribution < -0.4 is 5.32 Å². The van der Waals surface area contributed by atoms with Crippen LogP contribution >= 0.6 is 0 Å². The second-order valence-corrected chi connectivity index (χ2v) is 5.62. The van der Waals surface area contributed by atoms with Gasteiger partial charge in [-0.2, -0.15) is 13.2 Å². The molecule has 0 fully saturated rings. The van der Waals surface area contributed by atoms with Crippen molar-refractivity contribution >= 4 is 11.9 Å². The Balaban J connectivity index is 2.08. The summed E-state index contributed by atoms with van der Waals surface area (Å²) in [4.78, 5) is 23.5. The van der Waals surface area contributed by atoms with Gasteiger partial charge < -0.3 is 10.4 Å².